The second kappa shape index (κ2) is 21.4. The number of nitrogens with two attached hydrogens (primary N) is 1. The molecule has 2 fully saturated rings. The highest BCUT2D eigenvalue weighted by molar-refractivity contribution is 7.61. The summed E-state index contributed by atoms with van der Waals surface area (Å²) >= 11 is 0. The number of amides is 2. The maximum atomic E-state index is 12.4. The fourth-order valence-corrected chi connectivity index (χ4v) is 7.77. The van der Waals surface area contributed by atoms with Gasteiger partial charge in [-0.05, 0) is 51.5 Å². The number of nitrogens with one attached hydrogen (secondary N) is 3. The quantitative estimate of drug-likeness (QED) is 0.0513. The molecule has 21 nitrogen and oxygen atoms in total. The molecule has 2 aliphatic heterocycles. The summed E-state index contributed by atoms with van der Waals surface area (Å²) in [7, 11) is -10.2. The van der Waals surface area contributed by atoms with E-state index in [1.54, 1.807) is 10.9 Å². The molecule has 2 saturated heterocycles. The first-order valence-corrected chi connectivity index (χ1v) is 20.8. The number of carbonyl (C=O) groups is 2. The number of aliphatic hydroxyl groups excluding tert-OH is 2. The number of imidazole rings is 1. The van der Waals surface area contributed by atoms with Gasteiger partial charge in [-0.25, -0.2) is 24.1 Å². The van der Waals surface area contributed by atoms with E-state index in [1.807, 2.05) is 0 Å². The molecule has 2 aromatic rings. The molecule has 0 spiro atoms. The van der Waals surface area contributed by atoms with Gasteiger partial charge in [-0.3, -0.25) is 23.2 Å². The number of hydrogen-bond acceptors (Lipinski definition) is 16. The molecule has 23 heteroatoms. The van der Waals surface area contributed by atoms with Crippen LogP contribution in [0.15, 0.2) is 12.7 Å². The van der Waals surface area contributed by atoms with Crippen LogP contribution in [-0.2, 0) is 41.6 Å². The number of rotatable bonds is 25. The lowest BCUT2D eigenvalue weighted by Crippen LogP contribution is -2.32. The van der Waals surface area contributed by atoms with E-state index in [-0.39, 0.29) is 18.4 Å². The molecule has 7 atom stereocenters. The van der Waals surface area contributed by atoms with E-state index in [1.165, 1.54) is 6.33 Å². The summed E-state index contributed by atoms with van der Waals surface area (Å²) in [5.41, 5.74) is 6.45. The third-order valence-corrected chi connectivity index (χ3v) is 11.1. The van der Waals surface area contributed by atoms with Gasteiger partial charge in [0.15, 0.2) is 17.0 Å². The Morgan fingerprint density at radius 2 is 1.57 bits per heavy atom. The topological polar surface area (TPSA) is 301 Å². The third-order valence-electron chi connectivity index (χ3n) is 8.52. The van der Waals surface area contributed by atoms with Crippen molar-refractivity contribution >= 4 is 44.4 Å². The Hall–Kier alpha value is -2.65. The third kappa shape index (κ3) is 14.5. The van der Waals surface area contributed by atoms with Crippen LogP contribution >= 0.6 is 15.6 Å². The van der Waals surface area contributed by atoms with E-state index in [0.29, 0.717) is 75.3 Å². The number of ether oxygens (including phenoxy) is 2. The molecular formula is C30H52N8O13P2. The standard InChI is InChI=1S/C30H52N8O13P2/c31-12-5-1-3-8-24(40)32-13-6-2-4-9-25(41)33-14-7-15-34-29-27-30(36-19-35-29)38(20-37-27)26-11-10-21(50-26)16-48-52(43,44)51-53(45,46)49-18-23-28(42)22(39)17-47-23/h19-23,26,28,39,42H,1-18,31H2,(H,32,40)(H,33,41)(H,43,44)(H,45,46)(H,34,35,36)/t21-,22-,23+,26+,28-/m0/s1. The summed E-state index contributed by atoms with van der Waals surface area (Å²) < 4.78 is 51.1. The summed E-state index contributed by atoms with van der Waals surface area (Å²) in [6, 6.07) is 0. The van der Waals surface area contributed by atoms with Crippen LogP contribution in [-0.4, -0.2) is 122 Å². The van der Waals surface area contributed by atoms with Gasteiger partial charge in [-0.2, -0.15) is 4.31 Å². The Morgan fingerprint density at radius 1 is 0.887 bits per heavy atom. The highest BCUT2D eigenvalue weighted by Gasteiger charge is 2.41. The Balaban J connectivity index is 1.10. The number of carbonyl (C=O) groups excluding carboxylic acids is 2. The number of anilines is 1. The van der Waals surface area contributed by atoms with Crippen molar-refractivity contribution in [2.24, 2.45) is 5.73 Å². The normalized spacial score (nSPS) is 23.8. The van der Waals surface area contributed by atoms with Crippen molar-refractivity contribution in [1.29, 1.82) is 0 Å². The summed E-state index contributed by atoms with van der Waals surface area (Å²) in [4.78, 5) is 56.9. The smallest absolute Gasteiger partial charge is 0.388 e. The minimum absolute atomic E-state index is 0.0250. The SMILES string of the molecule is NCCCCCC(=O)NCCCCCC(=O)NCCCNc1ncnc2c1ncn2[C@H]1CC[C@@H](COP(=O)(O)OP(=O)(O)OC[C@H]2OC[C@H](O)[C@@H]2O)O1. The molecule has 4 heterocycles. The van der Waals surface area contributed by atoms with Gasteiger partial charge in [0.05, 0.1) is 32.3 Å². The Kier molecular flexibility index (Phi) is 17.4. The van der Waals surface area contributed by atoms with E-state index in [9.17, 15) is 38.7 Å². The van der Waals surface area contributed by atoms with Crippen LogP contribution in [0.5, 0.6) is 0 Å². The van der Waals surface area contributed by atoms with Crippen molar-refractivity contribution in [2.45, 2.75) is 101 Å². The Bertz CT molecular complexity index is 1550. The van der Waals surface area contributed by atoms with E-state index in [0.717, 1.165) is 38.5 Å². The Morgan fingerprint density at radius 3 is 2.25 bits per heavy atom. The number of nitrogens with zero attached hydrogens (tertiary/aromatic N) is 4. The molecule has 2 aromatic heterocycles. The number of phosphoric acid groups is 2. The van der Waals surface area contributed by atoms with Crippen molar-refractivity contribution < 1.29 is 61.6 Å². The molecule has 0 aromatic carbocycles. The van der Waals surface area contributed by atoms with Crippen molar-refractivity contribution in [2.75, 3.05) is 51.3 Å². The number of fused-ring (bicyclic) bond motifs is 1. The highest BCUT2D eigenvalue weighted by Crippen LogP contribution is 2.60. The molecule has 9 N–H and O–H groups in total. The first kappa shape index (κ1) is 43.1. The van der Waals surface area contributed by atoms with Crippen LogP contribution in [0.2, 0.25) is 0 Å². The van der Waals surface area contributed by atoms with Gasteiger partial charge in [-0.15, -0.1) is 0 Å². The van der Waals surface area contributed by atoms with Gasteiger partial charge in [0.2, 0.25) is 11.8 Å². The molecule has 0 radical (unpaired) electrons. The summed E-state index contributed by atoms with van der Waals surface area (Å²) in [5, 5.41) is 28.3. The maximum absolute atomic E-state index is 12.4. The van der Waals surface area contributed by atoms with Gasteiger partial charge < -0.3 is 51.2 Å². The number of aliphatic hydroxyl groups is 2. The Labute approximate surface area is 306 Å². The lowest BCUT2D eigenvalue weighted by Gasteiger charge is -2.20. The zero-order valence-corrected chi connectivity index (χ0v) is 31.3. The predicted molar refractivity (Wildman–Crippen MR) is 188 cm³/mol. The molecule has 2 amide bonds. The van der Waals surface area contributed by atoms with Crippen LogP contribution in [0.3, 0.4) is 0 Å². The largest absolute Gasteiger partial charge is 0.481 e. The average molecular weight is 795 g/mol. The van der Waals surface area contributed by atoms with Crippen molar-refractivity contribution in [3.63, 3.8) is 0 Å². The molecule has 0 bridgehead atoms. The van der Waals surface area contributed by atoms with Gasteiger partial charge in [0.25, 0.3) is 0 Å². The van der Waals surface area contributed by atoms with Crippen molar-refractivity contribution in [3.8, 4) is 0 Å². The van der Waals surface area contributed by atoms with Crippen LogP contribution in [0.4, 0.5) is 5.82 Å². The fourth-order valence-electron chi connectivity index (χ4n) is 5.66. The first-order chi connectivity index (χ1) is 25.4. The van der Waals surface area contributed by atoms with Crippen molar-refractivity contribution in [3.05, 3.63) is 12.7 Å². The number of hydrogen-bond donors (Lipinski definition) is 8. The monoisotopic (exact) mass is 794 g/mol. The van der Waals surface area contributed by atoms with Gasteiger partial charge in [-0.1, -0.05) is 12.8 Å². The van der Waals surface area contributed by atoms with Crippen LogP contribution < -0.4 is 21.7 Å². The van der Waals surface area contributed by atoms with Gasteiger partial charge in [0.1, 0.15) is 30.9 Å². The molecule has 4 rings (SSSR count). The lowest BCUT2D eigenvalue weighted by molar-refractivity contribution is -0.122. The van der Waals surface area contributed by atoms with E-state index >= 15 is 0 Å². The fraction of sp³-hybridized carbons (Fsp3) is 0.767. The summed E-state index contributed by atoms with van der Waals surface area (Å²) in [6.45, 7) is 0.922. The minimum atomic E-state index is -5.10. The maximum Gasteiger partial charge on any atom is 0.481 e. The molecular weight excluding hydrogens is 742 g/mol. The minimum Gasteiger partial charge on any atom is -0.388 e. The van der Waals surface area contributed by atoms with Crippen LogP contribution in [0.1, 0.15) is 76.9 Å². The van der Waals surface area contributed by atoms with E-state index in [4.69, 9.17) is 19.7 Å². The number of phosphoric ester groups is 2. The van der Waals surface area contributed by atoms with E-state index in [2.05, 4.69) is 39.7 Å². The molecule has 0 saturated carbocycles. The second-order valence-electron chi connectivity index (χ2n) is 12.8. The van der Waals surface area contributed by atoms with Crippen LogP contribution in [0.25, 0.3) is 11.2 Å². The first-order valence-electron chi connectivity index (χ1n) is 17.8. The molecule has 2 unspecified atom stereocenters. The number of aromatic nitrogens is 4. The summed E-state index contributed by atoms with van der Waals surface area (Å²) in [5.74, 6) is 0.532. The molecule has 2 aliphatic rings. The number of unbranched alkanes of at least 4 members (excludes halogenated alkanes) is 4. The van der Waals surface area contributed by atoms with Crippen LogP contribution in [0, 0.1) is 0 Å². The predicted octanol–water partition coefficient (Wildman–Crippen LogP) is 0.989. The van der Waals surface area contributed by atoms with E-state index < -0.39 is 59.5 Å². The second-order valence-corrected chi connectivity index (χ2v) is 15.8. The zero-order chi connectivity index (χ0) is 38.3. The van der Waals surface area contributed by atoms with Crippen molar-refractivity contribution in [1.82, 2.24) is 30.2 Å². The lowest BCUT2D eigenvalue weighted by atomic mass is 10.1. The van der Waals surface area contributed by atoms with Gasteiger partial charge >= 0.3 is 15.6 Å². The summed E-state index contributed by atoms with van der Waals surface area (Å²) in [6.07, 6.45) is 5.64. The van der Waals surface area contributed by atoms with Gasteiger partial charge in [0, 0.05) is 32.5 Å². The average Bonchev–Trinajstić information content (AvgIpc) is 3.85. The zero-order valence-electron chi connectivity index (χ0n) is 29.5. The molecule has 53 heavy (non-hydrogen) atoms. The molecule has 300 valence electrons. The molecule has 0 aliphatic carbocycles. The highest BCUT2D eigenvalue weighted by atomic mass is 31.3.